The fourth-order valence-corrected chi connectivity index (χ4v) is 2.86. The summed E-state index contributed by atoms with van der Waals surface area (Å²) in [4.78, 5) is 26.6. The van der Waals surface area contributed by atoms with E-state index in [9.17, 15) is 9.59 Å². The van der Waals surface area contributed by atoms with Gasteiger partial charge in [0.2, 0.25) is 0 Å². The molecular weight excluding hydrogens is 254 g/mol. The van der Waals surface area contributed by atoms with Gasteiger partial charge in [-0.15, -0.1) is 4.48 Å². The van der Waals surface area contributed by atoms with Gasteiger partial charge in [-0.2, -0.15) is 0 Å². The van der Waals surface area contributed by atoms with Crippen LogP contribution in [-0.4, -0.2) is 32.1 Å². The number of carbonyl (C=O) groups is 2. The molecule has 1 atom stereocenters. The average molecular weight is 274 g/mol. The number of imide groups is 1. The van der Waals surface area contributed by atoms with E-state index in [0.29, 0.717) is 18.7 Å². The Hall–Kier alpha value is -1.88. The van der Waals surface area contributed by atoms with Crippen LogP contribution in [0.25, 0.3) is 0 Å². The Morgan fingerprint density at radius 2 is 2.10 bits per heavy atom. The number of hydrogen-bond donors (Lipinski definition) is 1. The molecule has 1 aromatic carbocycles. The van der Waals surface area contributed by atoms with Gasteiger partial charge >= 0.3 is 11.9 Å². The minimum Gasteiger partial charge on any atom is -0.366 e. The molecule has 0 radical (unpaired) electrons. The standard InChI is InChI=1S/C15H19N3O2/c1-18(15(16)20)13-5-3-2-4-12(13)17(9-8-14(18)19)10-11-6-7-11/h2-5,11H,6-10H2,1H3,(H-,16,20)/p+1. The minimum atomic E-state index is -0.615. The molecule has 0 bridgehead atoms. The molecule has 1 heterocycles. The first-order valence-corrected chi connectivity index (χ1v) is 7.08. The summed E-state index contributed by atoms with van der Waals surface area (Å²) >= 11 is 0. The first-order valence-electron chi connectivity index (χ1n) is 7.08. The maximum Gasteiger partial charge on any atom is 0.426 e. The number of primary amides is 1. The van der Waals surface area contributed by atoms with Crippen molar-refractivity contribution in [2.24, 2.45) is 11.7 Å². The summed E-state index contributed by atoms with van der Waals surface area (Å²) in [5, 5.41) is 0. The van der Waals surface area contributed by atoms with Crippen LogP contribution in [0.2, 0.25) is 0 Å². The maximum absolute atomic E-state index is 12.4. The fourth-order valence-electron chi connectivity index (χ4n) is 2.86. The third-order valence-electron chi connectivity index (χ3n) is 4.41. The number of para-hydroxylation sites is 2. The van der Waals surface area contributed by atoms with E-state index in [2.05, 4.69) is 4.90 Å². The van der Waals surface area contributed by atoms with Crippen molar-refractivity contribution in [2.45, 2.75) is 19.3 Å². The Morgan fingerprint density at radius 1 is 1.40 bits per heavy atom. The van der Waals surface area contributed by atoms with E-state index in [4.69, 9.17) is 5.73 Å². The molecule has 0 spiro atoms. The first kappa shape index (κ1) is 13.1. The van der Waals surface area contributed by atoms with Crippen LogP contribution in [0.4, 0.5) is 16.2 Å². The molecule has 5 nitrogen and oxygen atoms in total. The van der Waals surface area contributed by atoms with Crippen LogP contribution < -0.4 is 15.1 Å². The highest BCUT2D eigenvalue weighted by Gasteiger charge is 2.45. The number of amides is 3. The van der Waals surface area contributed by atoms with E-state index in [1.54, 1.807) is 7.05 Å². The van der Waals surface area contributed by atoms with Gasteiger partial charge in [0, 0.05) is 19.2 Å². The number of benzene rings is 1. The zero-order valence-electron chi connectivity index (χ0n) is 11.7. The normalized spacial score (nSPS) is 26.1. The molecule has 1 aliphatic heterocycles. The Bertz CT molecular complexity index is 568. The molecule has 1 aliphatic carbocycles. The van der Waals surface area contributed by atoms with E-state index in [1.807, 2.05) is 24.3 Å². The van der Waals surface area contributed by atoms with Gasteiger partial charge in [-0.25, -0.2) is 9.59 Å². The van der Waals surface area contributed by atoms with Crippen LogP contribution in [0.15, 0.2) is 24.3 Å². The Kier molecular flexibility index (Phi) is 3.01. The van der Waals surface area contributed by atoms with Crippen LogP contribution in [0, 0.1) is 5.92 Å². The van der Waals surface area contributed by atoms with Crippen LogP contribution in [0.3, 0.4) is 0 Å². The molecule has 106 valence electrons. The lowest BCUT2D eigenvalue weighted by Crippen LogP contribution is -2.57. The highest BCUT2D eigenvalue weighted by Crippen LogP contribution is 2.39. The second kappa shape index (κ2) is 4.59. The predicted molar refractivity (Wildman–Crippen MR) is 78.3 cm³/mol. The van der Waals surface area contributed by atoms with Crippen LogP contribution >= 0.6 is 0 Å². The number of rotatable bonds is 2. The van der Waals surface area contributed by atoms with E-state index in [0.717, 1.165) is 18.2 Å². The Balaban J connectivity index is 2.09. The third-order valence-corrected chi connectivity index (χ3v) is 4.41. The first-order chi connectivity index (χ1) is 9.53. The van der Waals surface area contributed by atoms with Gasteiger partial charge in [0.15, 0.2) is 5.69 Å². The Morgan fingerprint density at radius 3 is 2.75 bits per heavy atom. The molecule has 0 aromatic heterocycles. The van der Waals surface area contributed by atoms with E-state index < -0.39 is 10.5 Å². The lowest BCUT2D eigenvalue weighted by atomic mass is 10.2. The van der Waals surface area contributed by atoms with Gasteiger partial charge in [0.05, 0.1) is 19.2 Å². The fraction of sp³-hybridized carbons (Fsp3) is 0.467. The van der Waals surface area contributed by atoms with Crippen molar-refractivity contribution >= 4 is 23.3 Å². The molecule has 5 heteroatoms. The molecule has 1 fully saturated rings. The molecular formula is C15H20N3O2+. The van der Waals surface area contributed by atoms with Crippen molar-refractivity contribution in [3.8, 4) is 0 Å². The summed E-state index contributed by atoms with van der Waals surface area (Å²) in [6.45, 7) is 1.62. The molecule has 3 amide bonds. The maximum atomic E-state index is 12.4. The molecule has 20 heavy (non-hydrogen) atoms. The lowest BCUT2D eigenvalue weighted by Gasteiger charge is -2.27. The van der Waals surface area contributed by atoms with Crippen LogP contribution in [0.5, 0.6) is 0 Å². The number of urea groups is 1. The molecule has 0 saturated heterocycles. The summed E-state index contributed by atoms with van der Waals surface area (Å²) in [6, 6.07) is 7.00. The molecule has 3 rings (SSSR count). The minimum absolute atomic E-state index is 0.136. The van der Waals surface area contributed by atoms with E-state index in [1.165, 1.54) is 12.8 Å². The van der Waals surface area contributed by atoms with Gasteiger partial charge in [0.1, 0.15) is 0 Å². The lowest BCUT2D eigenvalue weighted by molar-refractivity contribution is -0.126. The van der Waals surface area contributed by atoms with E-state index >= 15 is 0 Å². The molecule has 1 unspecified atom stereocenters. The van der Waals surface area contributed by atoms with Crippen molar-refractivity contribution in [3.63, 3.8) is 0 Å². The summed E-state index contributed by atoms with van der Waals surface area (Å²) in [6.07, 6.45) is 2.87. The number of anilines is 1. The Labute approximate surface area is 118 Å². The smallest absolute Gasteiger partial charge is 0.366 e. The number of fused-ring (bicyclic) bond motifs is 1. The van der Waals surface area contributed by atoms with Crippen molar-refractivity contribution in [2.75, 3.05) is 25.0 Å². The summed E-state index contributed by atoms with van der Waals surface area (Å²) in [5.74, 6) is 0.590. The van der Waals surface area contributed by atoms with Crippen LogP contribution in [0.1, 0.15) is 19.3 Å². The number of nitrogens with two attached hydrogens (primary N) is 1. The summed E-state index contributed by atoms with van der Waals surface area (Å²) in [5.41, 5.74) is 7.19. The monoisotopic (exact) mass is 274 g/mol. The van der Waals surface area contributed by atoms with Crippen molar-refractivity contribution < 1.29 is 9.59 Å². The zero-order valence-corrected chi connectivity index (χ0v) is 11.7. The van der Waals surface area contributed by atoms with E-state index in [-0.39, 0.29) is 5.91 Å². The van der Waals surface area contributed by atoms with Crippen molar-refractivity contribution in [3.05, 3.63) is 24.3 Å². The summed E-state index contributed by atoms with van der Waals surface area (Å²) in [7, 11) is 1.60. The quantitative estimate of drug-likeness (QED) is 0.837. The highest BCUT2D eigenvalue weighted by atomic mass is 16.2. The summed E-state index contributed by atoms with van der Waals surface area (Å²) < 4.78 is -0.433. The zero-order chi connectivity index (χ0) is 14.3. The van der Waals surface area contributed by atoms with Gasteiger partial charge in [-0.3, -0.25) is 0 Å². The topological polar surface area (TPSA) is 63.4 Å². The SMILES string of the molecule is C[N+]1(C(N)=O)C(=O)CCN(CC2CC2)c2ccccc21. The van der Waals surface area contributed by atoms with Gasteiger partial charge in [-0.1, -0.05) is 12.1 Å². The highest BCUT2D eigenvalue weighted by molar-refractivity contribution is 6.10. The molecule has 2 aliphatic rings. The number of quaternary nitrogens is 1. The molecule has 1 saturated carbocycles. The second-order valence-electron chi connectivity index (χ2n) is 5.87. The van der Waals surface area contributed by atoms with Crippen LogP contribution in [-0.2, 0) is 4.79 Å². The second-order valence-corrected chi connectivity index (χ2v) is 5.87. The number of nitrogens with zero attached hydrogens (tertiary/aromatic N) is 2. The predicted octanol–water partition coefficient (Wildman–Crippen LogP) is 1.85. The van der Waals surface area contributed by atoms with Gasteiger partial charge < -0.3 is 10.6 Å². The average Bonchev–Trinajstić information content (AvgIpc) is 3.25. The number of carbonyl (C=O) groups excluding carboxylic acids is 2. The largest absolute Gasteiger partial charge is 0.426 e. The van der Waals surface area contributed by atoms with Crippen molar-refractivity contribution in [1.29, 1.82) is 0 Å². The molecule has 1 aromatic rings. The van der Waals surface area contributed by atoms with Gasteiger partial charge in [-0.05, 0) is 24.8 Å². The van der Waals surface area contributed by atoms with Gasteiger partial charge in [0.25, 0.3) is 0 Å². The number of hydrogen-bond acceptors (Lipinski definition) is 3. The van der Waals surface area contributed by atoms with Crippen molar-refractivity contribution in [1.82, 2.24) is 4.48 Å². The molecule has 2 N–H and O–H groups in total. The third kappa shape index (κ3) is 1.98.